The molecule has 1 unspecified atom stereocenters. The van der Waals surface area contributed by atoms with Gasteiger partial charge in [0.25, 0.3) is 0 Å². The van der Waals surface area contributed by atoms with Gasteiger partial charge in [-0.1, -0.05) is 30.3 Å². The number of rotatable bonds is 8. The molecule has 1 aromatic carbocycles. The second-order valence-corrected chi connectivity index (χ2v) is 9.09. The lowest BCUT2D eigenvalue weighted by Crippen LogP contribution is -2.45. The smallest absolute Gasteiger partial charge is 0.356 e. The van der Waals surface area contributed by atoms with Crippen molar-refractivity contribution in [3.05, 3.63) is 35.9 Å². The Morgan fingerprint density at radius 1 is 1.28 bits per heavy atom. The predicted octanol–water partition coefficient (Wildman–Crippen LogP) is 2.41. The zero-order valence-corrected chi connectivity index (χ0v) is 19.4. The minimum absolute atomic E-state index is 0. The molecule has 0 amide bonds. The summed E-state index contributed by atoms with van der Waals surface area (Å²) in [4.78, 5) is 5.42. The van der Waals surface area contributed by atoms with E-state index in [1.807, 2.05) is 6.07 Å². The number of hydrogen-bond donors (Lipinski definition) is 2. The van der Waals surface area contributed by atoms with Gasteiger partial charge in [0.15, 0.2) is 15.8 Å². The Labute approximate surface area is 187 Å². The number of likely N-dealkylation sites (tertiary alicyclic amines) is 1. The number of nitrogens with one attached hydrogen (secondary N) is 2. The fourth-order valence-electron chi connectivity index (χ4n) is 3.13. The Bertz CT molecular complexity index is 745. The van der Waals surface area contributed by atoms with Crippen molar-refractivity contribution >= 4 is 39.8 Å². The fourth-order valence-corrected chi connectivity index (χ4v) is 4.56. The number of hydrogen-bond acceptors (Lipinski definition) is 4. The topological polar surface area (TPSA) is 73.8 Å². The molecule has 1 aliphatic rings. The third-order valence-corrected chi connectivity index (χ3v) is 6.08. The van der Waals surface area contributed by atoms with Gasteiger partial charge in [-0.2, -0.15) is 13.2 Å². The van der Waals surface area contributed by atoms with E-state index in [0.29, 0.717) is 38.4 Å². The van der Waals surface area contributed by atoms with Crippen LogP contribution in [0.4, 0.5) is 13.2 Å². The van der Waals surface area contributed by atoms with Gasteiger partial charge >= 0.3 is 6.18 Å². The van der Waals surface area contributed by atoms with Crippen LogP contribution in [0.15, 0.2) is 35.3 Å². The highest BCUT2D eigenvalue weighted by Crippen LogP contribution is 2.19. The summed E-state index contributed by atoms with van der Waals surface area (Å²) in [5.41, 5.74) is 0.762. The van der Waals surface area contributed by atoms with Gasteiger partial charge in [0.05, 0.1) is 18.1 Å². The van der Waals surface area contributed by atoms with Crippen LogP contribution in [-0.4, -0.2) is 70.5 Å². The van der Waals surface area contributed by atoms with E-state index in [1.54, 1.807) is 31.3 Å². The first-order valence-corrected chi connectivity index (χ1v) is 11.0. The lowest BCUT2D eigenvalue weighted by Gasteiger charge is -2.19. The van der Waals surface area contributed by atoms with Gasteiger partial charge in [-0.3, -0.25) is 9.89 Å². The van der Waals surface area contributed by atoms with Gasteiger partial charge in [-0.05, 0) is 18.4 Å². The first kappa shape index (κ1) is 26.0. The second-order valence-electron chi connectivity index (χ2n) is 6.91. The quantitative estimate of drug-likeness (QED) is 0.226. The highest BCUT2D eigenvalue weighted by Gasteiger charge is 2.34. The monoisotopic (exact) mass is 548 g/mol. The van der Waals surface area contributed by atoms with Gasteiger partial charge in [0.2, 0.25) is 0 Å². The standard InChI is InChI=1S/C18H27F3N4O2S.HI/c1-22-17(24-16-8-10-25(12-16)14-18(19,20)21)23-9-5-11-28(26,27)13-15-6-3-2-4-7-15;/h2-4,6-7,16H,5,8-14H2,1H3,(H2,22,23,24);1H. The molecule has 1 heterocycles. The molecule has 0 saturated carbocycles. The van der Waals surface area contributed by atoms with Crippen molar-refractivity contribution in [3.63, 3.8) is 0 Å². The highest BCUT2D eigenvalue weighted by atomic mass is 127. The van der Waals surface area contributed by atoms with E-state index in [9.17, 15) is 21.6 Å². The van der Waals surface area contributed by atoms with Crippen molar-refractivity contribution in [1.82, 2.24) is 15.5 Å². The molecule has 2 rings (SSSR count). The van der Waals surface area contributed by atoms with E-state index in [0.717, 1.165) is 5.56 Å². The number of nitrogens with zero attached hydrogens (tertiary/aromatic N) is 2. The molecule has 1 atom stereocenters. The minimum atomic E-state index is -4.19. The molecule has 0 aromatic heterocycles. The van der Waals surface area contributed by atoms with Crippen LogP contribution >= 0.6 is 24.0 Å². The van der Waals surface area contributed by atoms with Gasteiger partial charge < -0.3 is 10.6 Å². The van der Waals surface area contributed by atoms with Gasteiger partial charge in [0.1, 0.15) is 0 Å². The van der Waals surface area contributed by atoms with Crippen LogP contribution in [-0.2, 0) is 15.6 Å². The van der Waals surface area contributed by atoms with Gasteiger partial charge in [-0.25, -0.2) is 8.42 Å². The van der Waals surface area contributed by atoms with Gasteiger partial charge in [-0.15, -0.1) is 24.0 Å². The maximum absolute atomic E-state index is 12.5. The number of sulfone groups is 1. The molecule has 0 radical (unpaired) electrons. The predicted molar refractivity (Wildman–Crippen MR) is 119 cm³/mol. The molecule has 1 aromatic rings. The fraction of sp³-hybridized carbons (Fsp3) is 0.611. The maximum atomic E-state index is 12.5. The maximum Gasteiger partial charge on any atom is 0.401 e. The summed E-state index contributed by atoms with van der Waals surface area (Å²) in [5, 5.41) is 6.13. The number of alkyl halides is 3. The van der Waals surface area contributed by atoms with Gasteiger partial charge in [0, 0.05) is 32.7 Å². The summed E-state index contributed by atoms with van der Waals surface area (Å²) in [6.45, 7) is 0.181. The van der Waals surface area contributed by atoms with Crippen molar-refractivity contribution in [1.29, 1.82) is 0 Å². The van der Waals surface area contributed by atoms with Crippen molar-refractivity contribution in [2.24, 2.45) is 4.99 Å². The lowest BCUT2D eigenvalue weighted by atomic mass is 10.2. The first-order valence-electron chi connectivity index (χ1n) is 9.17. The number of aliphatic imine (C=N–C) groups is 1. The lowest BCUT2D eigenvalue weighted by molar-refractivity contribution is -0.143. The van der Waals surface area contributed by atoms with Crippen LogP contribution in [0.5, 0.6) is 0 Å². The van der Waals surface area contributed by atoms with Crippen molar-refractivity contribution in [3.8, 4) is 0 Å². The Balaban J connectivity index is 0.00000420. The van der Waals surface area contributed by atoms with E-state index in [-0.39, 0.29) is 41.5 Å². The Morgan fingerprint density at radius 2 is 1.97 bits per heavy atom. The Hall–Kier alpha value is -1.08. The SMILES string of the molecule is CN=C(NCCCS(=O)(=O)Cc1ccccc1)NC1CCN(CC(F)(F)F)C1.I. The van der Waals surface area contributed by atoms with E-state index in [1.165, 1.54) is 4.90 Å². The van der Waals surface area contributed by atoms with Crippen LogP contribution in [0.2, 0.25) is 0 Å². The van der Waals surface area contributed by atoms with E-state index >= 15 is 0 Å². The van der Waals surface area contributed by atoms with E-state index in [4.69, 9.17) is 0 Å². The number of halogens is 4. The molecule has 29 heavy (non-hydrogen) atoms. The third kappa shape index (κ3) is 10.5. The van der Waals surface area contributed by atoms with Crippen LogP contribution in [0, 0.1) is 0 Å². The summed E-state index contributed by atoms with van der Waals surface area (Å²) in [7, 11) is -1.63. The average Bonchev–Trinajstić information content (AvgIpc) is 3.03. The summed E-state index contributed by atoms with van der Waals surface area (Å²) in [6, 6.07) is 8.90. The molecule has 1 fully saturated rings. The molecule has 2 N–H and O–H groups in total. The Kier molecular flexibility index (Phi) is 10.7. The minimum Gasteiger partial charge on any atom is -0.356 e. The first-order chi connectivity index (χ1) is 13.2. The van der Waals surface area contributed by atoms with E-state index in [2.05, 4.69) is 15.6 Å². The average molecular weight is 548 g/mol. The number of benzene rings is 1. The van der Waals surface area contributed by atoms with E-state index < -0.39 is 22.6 Å². The second kappa shape index (κ2) is 11.9. The molecular formula is C18H28F3IN4O2S. The Morgan fingerprint density at radius 3 is 2.59 bits per heavy atom. The van der Waals surface area contributed by atoms with Crippen molar-refractivity contribution < 1.29 is 21.6 Å². The van der Waals surface area contributed by atoms with Crippen molar-refractivity contribution in [2.75, 3.05) is 39.0 Å². The highest BCUT2D eigenvalue weighted by molar-refractivity contribution is 14.0. The number of guanidine groups is 1. The van der Waals surface area contributed by atoms with Crippen molar-refractivity contribution in [2.45, 2.75) is 30.8 Å². The summed E-state index contributed by atoms with van der Waals surface area (Å²) >= 11 is 0. The zero-order chi connectivity index (χ0) is 20.6. The molecule has 0 spiro atoms. The molecule has 0 bridgehead atoms. The molecule has 11 heteroatoms. The molecule has 1 aliphatic heterocycles. The van der Waals surface area contributed by atoms with Crippen LogP contribution < -0.4 is 10.6 Å². The molecule has 0 aliphatic carbocycles. The molecule has 166 valence electrons. The third-order valence-electron chi connectivity index (χ3n) is 4.39. The summed E-state index contributed by atoms with van der Waals surface area (Å²) in [6.07, 6.45) is -3.18. The summed E-state index contributed by atoms with van der Waals surface area (Å²) < 4.78 is 61.7. The van der Waals surface area contributed by atoms with Crippen LogP contribution in [0.1, 0.15) is 18.4 Å². The molecular weight excluding hydrogens is 520 g/mol. The molecule has 6 nitrogen and oxygen atoms in total. The zero-order valence-electron chi connectivity index (χ0n) is 16.3. The largest absolute Gasteiger partial charge is 0.401 e. The van der Waals surface area contributed by atoms with Crippen LogP contribution in [0.25, 0.3) is 0 Å². The summed E-state index contributed by atoms with van der Waals surface area (Å²) in [5.74, 6) is 0.534. The molecule has 1 saturated heterocycles. The van der Waals surface area contributed by atoms with Crippen LogP contribution in [0.3, 0.4) is 0 Å². The normalized spacial score (nSPS) is 18.3.